The average molecular weight is 397 g/mol. The highest BCUT2D eigenvalue weighted by molar-refractivity contribution is 5.88. The number of para-hydroxylation sites is 1. The molecule has 2 aromatic carbocycles. The normalized spacial score (nSPS) is 12.7. The van der Waals surface area contributed by atoms with Gasteiger partial charge in [0.2, 0.25) is 11.8 Å². The molecule has 0 aromatic heterocycles. The van der Waals surface area contributed by atoms with Crippen LogP contribution >= 0.6 is 0 Å². The Kier molecular flexibility index (Phi) is 7.88. The van der Waals surface area contributed by atoms with E-state index in [0.717, 1.165) is 12.0 Å². The molecule has 0 radical (unpaired) electrons. The summed E-state index contributed by atoms with van der Waals surface area (Å²) in [6.45, 7) is 5.80. The topological polar surface area (TPSA) is 92.6 Å². The summed E-state index contributed by atoms with van der Waals surface area (Å²) >= 11 is 0. The molecule has 154 valence electrons. The van der Waals surface area contributed by atoms with Gasteiger partial charge in [0.1, 0.15) is 6.04 Å². The first-order chi connectivity index (χ1) is 13.8. The molecule has 7 nitrogen and oxygen atoms in total. The Labute approximate surface area is 170 Å². The maximum atomic E-state index is 13.1. The molecule has 0 aliphatic heterocycles. The van der Waals surface area contributed by atoms with Gasteiger partial charge in [-0.15, -0.1) is 0 Å². The van der Waals surface area contributed by atoms with Gasteiger partial charge >= 0.3 is 0 Å². The summed E-state index contributed by atoms with van der Waals surface area (Å²) in [5.74, 6) is -0.582. The van der Waals surface area contributed by atoms with Crippen LogP contribution in [0, 0.1) is 10.1 Å². The van der Waals surface area contributed by atoms with Crippen LogP contribution in [0.3, 0.4) is 0 Å². The average Bonchev–Trinajstić information content (AvgIpc) is 2.72. The van der Waals surface area contributed by atoms with Gasteiger partial charge in [-0.2, -0.15) is 0 Å². The SMILES string of the molecule is CC[C@@H](C)NC(=O)[C@H](C)N(Cc1ccccc1)C(=O)Cc1ccccc1[N+](=O)[O-]. The number of amides is 2. The van der Waals surface area contributed by atoms with E-state index in [4.69, 9.17) is 0 Å². The molecule has 0 heterocycles. The van der Waals surface area contributed by atoms with E-state index in [-0.39, 0.29) is 36.5 Å². The van der Waals surface area contributed by atoms with Crippen molar-refractivity contribution in [2.45, 2.75) is 52.2 Å². The number of hydrogen-bond donors (Lipinski definition) is 1. The van der Waals surface area contributed by atoms with Crippen molar-refractivity contribution >= 4 is 17.5 Å². The first-order valence-electron chi connectivity index (χ1n) is 9.69. The minimum Gasteiger partial charge on any atom is -0.352 e. The largest absolute Gasteiger partial charge is 0.352 e. The number of carbonyl (C=O) groups is 2. The fraction of sp³-hybridized carbons (Fsp3) is 0.364. The summed E-state index contributed by atoms with van der Waals surface area (Å²) in [4.78, 5) is 38.0. The smallest absolute Gasteiger partial charge is 0.273 e. The molecule has 7 heteroatoms. The van der Waals surface area contributed by atoms with Gasteiger partial charge in [0.05, 0.1) is 11.3 Å². The Bertz CT molecular complexity index is 854. The van der Waals surface area contributed by atoms with Crippen molar-refractivity contribution in [3.8, 4) is 0 Å². The van der Waals surface area contributed by atoms with Gasteiger partial charge in [0.15, 0.2) is 0 Å². The fourth-order valence-electron chi connectivity index (χ4n) is 2.93. The second-order valence-corrected chi connectivity index (χ2v) is 7.06. The van der Waals surface area contributed by atoms with Gasteiger partial charge in [-0.05, 0) is 25.8 Å². The summed E-state index contributed by atoms with van der Waals surface area (Å²) in [5, 5.41) is 14.2. The van der Waals surface area contributed by atoms with Crippen LogP contribution in [0.5, 0.6) is 0 Å². The highest BCUT2D eigenvalue weighted by Gasteiger charge is 2.28. The van der Waals surface area contributed by atoms with E-state index >= 15 is 0 Å². The molecule has 0 aliphatic rings. The van der Waals surface area contributed by atoms with Gasteiger partial charge in [-0.3, -0.25) is 19.7 Å². The standard InChI is InChI=1S/C22H27N3O4/c1-4-16(2)23-22(27)17(3)24(15-18-10-6-5-7-11-18)21(26)14-19-12-8-9-13-20(19)25(28)29/h5-13,16-17H,4,14-15H2,1-3H3,(H,23,27)/t16-,17+/m1/s1. The van der Waals surface area contributed by atoms with Crippen molar-refractivity contribution in [3.63, 3.8) is 0 Å². The molecule has 0 aliphatic carbocycles. The highest BCUT2D eigenvalue weighted by Crippen LogP contribution is 2.20. The number of nitrogens with zero attached hydrogens (tertiary/aromatic N) is 2. The third-order valence-electron chi connectivity index (χ3n) is 4.89. The van der Waals surface area contributed by atoms with Crippen molar-refractivity contribution in [1.29, 1.82) is 0 Å². The molecule has 2 aromatic rings. The molecular formula is C22H27N3O4. The lowest BCUT2D eigenvalue weighted by atomic mass is 10.1. The van der Waals surface area contributed by atoms with E-state index in [1.165, 1.54) is 11.0 Å². The Morgan fingerprint density at radius 1 is 1.07 bits per heavy atom. The Morgan fingerprint density at radius 3 is 2.31 bits per heavy atom. The number of hydrogen-bond acceptors (Lipinski definition) is 4. The Morgan fingerprint density at radius 2 is 1.69 bits per heavy atom. The zero-order valence-corrected chi connectivity index (χ0v) is 17.0. The van der Waals surface area contributed by atoms with Gasteiger partial charge in [-0.1, -0.05) is 55.5 Å². The molecule has 0 fully saturated rings. The van der Waals surface area contributed by atoms with Gasteiger partial charge in [0, 0.05) is 24.2 Å². The predicted octanol–water partition coefficient (Wildman–Crippen LogP) is 3.47. The molecular weight excluding hydrogens is 370 g/mol. The molecule has 29 heavy (non-hydrogen) atoms. The summed E-state index contributed by atoms with van der Waals surface area (Å²) in [7, 11) is 0. The Balaban J connectivity index is 2.27. The predicted molar refractivity (Wildman–Crippen MR) is 111 cm³/mol. The number of nitro groups is 1. The molecule has 0 saturated carbocycles. The molecule has 0 bridgehead atoms. The molecule has 1 N–H and O–H groups in total. The van der Waals surface area contributed by atoms with Gasteiger partial charge in [-0.25, -0.2) is 0 Å². The van der Waals surface area contributed by atoms with E-state index in [2.05, 4.69) is 5.32 Å². The molecule has 0 saturated heterocycles. The third kappa shape index (κ3) is 6.14. The van der Waals surface area contributed by atoms with E-state index in [0.29, 0.717) is 5.56 Å². The molecule has 0 spiro atoms. The van der Waals surface area contributed by atoms with Crippen molar-refractivity contribution < 1.29 is 14.5 Å². The highest BCUT2D eigenvalue weighted by atomic mass is 16.6. The minimum absolute atomic E-state index is 0.00571. The number of nitro benzene ring substituents is 1. The van der Waals surface area contributed by atoms with Crippen molar-refractivity contribution in [1.82, 2.24) is 10.2 Å². The van der Waals surface area contributed by atoms with Crippen LogP contribution < -0.4 is 5.32 Å². The lowest BCUT2D eigenvalue weighted by Crippen LogP contribution is -2.49. The second kappa shape index (κ2) is 10.4. The van der Waals surface area contributed by atoms with Crippen LogP contribution in [-0.2, 0) is 22.6 Å². The third-order valence-corrected chi connectivity index (χ3v) is 4.89. The van der Waals surface area contributed by atoms with Crippen LogP contribution in [0.15, 0.2) is 54.6 Å². The quantitative estimate of drug-likeness (QED) is 0.518. The zero-order chi connectivity index (χ0) is 21.4. The molecule has 2 rings (SSSR count). The molecule has 2 atom stereocenters. The minimum atomic E-state index is -0.709. The summed E-state index contributed by atoms with van der Waals surface area (Å²) in [6.07, 6.45) is 0.631. The molecule has 0 unspecified atom stereocenters. The van der Waals surface area contributed by atoms with Crippen molar-refractivity contribution in [2.24, 2.45) is 0 Å². The lowest BCUT2D eigenvalue weighted by molar-refractivity contribution is -0.385. The van der Waals surface area contributed by atoms with Crippen LogP contribution in [0.25, 0.3) is 0 Å². The number of benzene rings is 2. The maximum Gasteiger partial charge on any atom is 0.273 e. The summed E-state index contributed by atoms with van der Waals surface area (Å²) < 4.78 is 0. The monoisotopic (exact) mass is 397 g/mol. The van der Waals surface area contributed by atoms with E-state index < -0.39 is 11.0 Å². The maximum absolute atomic E-state index is 13.1. The van der Waals surface area contributed by atoms with Crippen molar-refractivity contribution in [3.05, 3.63) is 75.8 Å². The van der Waals surface area contributed by atoms with Crippen molar-refractivity contribution in [2.75, 3.05) is 0 Å². The number of carbonyl (C=O) groups excluding carboxylic acids is 2. The number of rotatable bonds is 9. The van der Waals surface area contributed by atoms with Crippen LogP contribution in [0.1, 0.15) is 38.3 Å². The van der Waals surface area contributed by atoms with Crippen LogP contribution in [0.2, 0.25) is 0 Å². The second-order valence-electron chi connectivity index (χ2n) is 7.06. The Hall–Kier alpha value is -3.22. The van der Waals surface area contributed by atoms with E-state index in [1.807, 2.05) is 44.2 Å². The first kappa shape index (κ1) is 22.1. The molecule has 2 amide bonds. The lowest BCUT2D eigenvalue weighted by Gasteiger charge is -2.29. The van der Waals surface area contributed by atoms with E-state index in [1.54, 1.807) is 25.1 Å². The first-order valence-corrected chi connectivity index (χ1v) is 9.69. The van der Waals surface area contributed by atoms with Crippen LogP contribution in [-0.4, -0.2) is 33.7 Å². The van der Waals surface area contributed by atoms with Crippen LogP contribution in [0.4, 0.5) is 5.69 Å². The number of nitrogens with one attached hydrogen (secondary N) is 1. The fourth-order valence-corrected chi connectivity index (χ4v) is 2.93. The summed E-state index contributed by atoms with van der Waals surface area (Å²) in [5.41, 5.74) is 1.11. The van der Waals surface area contributed by atoms with E-state index in [9.17, 15) is 19.7 Å². The van der Waals surface area contributed by atoms with Gasteiger partial charge < -0.3 is 10.2 Å². The van der Waals surface area contributed by atoms with Gasteiger partial charge in [0.25, 0.3) is 5.69 Å². The summed E-state index contributed by atoms with van der Waals surface area (Å²) in [6, 6.07) is 14.8. The zero-order valence-electron chi connectivity index (χ0n) is 17.0.